The summed E-state index contributed by atoms with van der Waals surface area (Å²) in [5.41, 5.74) is 5.14. The third-order valence-electron chi connectivity index (χ3n) is 4.59. The molecule has 0 radical (unpaired) electrons. The topological polar surface area (TPSA) is 92.2 Å². The molecular formula is C19H19N5O2S. The second kappa shape index (κ2) is 6.62. The molecule has 0 bridgehead atoms. The number of carbonyl (C=O) groups excluding carboxylic acids is 1. The molecule has 138 valence electrons. The molecule has 4 aromatic rings. The number of nitrogens with zero attached hydrogens (tertiary/aromatic N) is 3. The zero-order valence-electron chi connectivity index (χ0n) is 15.3. The number of amides is 1. The van der Waals surface area contributed by atoms with Gasteiger partial charge in [0, 0.05) is 23.9 Å². The minimum atomic E-state index is -0.189. The lowest BCUT2D eigenvalue weighted by atomic mass is 10.1. The van der Waals surface area contributed by atoms with Gasteiger partial charge in [0.15, 0.2) is 10.8 Å². The van der Waals surface area contributed by atoms with Crippen LogP contribution in [-0.2, 0) is 11.2 Å². The van der Waals surface area contributed by atoms with Gasteiger partial charge in [-0.15, -0.1) is 0 Å². The number of H-pyrrole nitrogens is 1. The highest BCUT2D eigenvalue weighted by Gasteiger charge is 2.13. The first-order valence-corrected chi connectivity index (χ1v) is 9.47. The Labute approximate surface area is 159 Å². The van der Waals surface area contributed by atoms with Gasteiger partial charge in [-0.25, -0.2) is 14.5 Å². The van der Waals surface area contributed by atoms with Crippen molar-refractivity contribution >= 4 is 38.2 Å². The SMILES string of the molecule is Cc1ccc2nc(NC(=O)CCc3c(C)nc4cc(=O)[nH]n4c3C)sc2c1. The average molecular weight is 381 g/mol. The average Bonchev–Trinajstić information content (AvgIpc) is 3.16. The van der Waals surface area contributed by atoms with E-state index in [2.05, 4.69) is 26.4 Å². The van der Waals surface area contributed by atoms with Gasteiger partial charge in [0.05, 0.1) is 10.2 Å². The molecule has 0 atom stereocenters. The van der Waals surface area contributed by atoms with Crippen LogP contribution in [0.3, 0.4) is 0 Å². The molecule has 0 aliphatic rings. The van der Waals surface area contributed by atoms with E-state index >= 15 is 0 Å². The molecule has 0 unspecified atom stereocenters. The number of thiazole rings is 1. The third-order valence-corrected chi connectivity index (χ3v) is 5.53. The first kappa shape index (κ1) is 17.4. The van der Waals surface area contributed by atoms with E-state index in [0.29, 0.717) is 23.6 Å². The number of anilines is 1. The van der Waals surface area contributed by atoms with Crippen LogP contribution >= 0.6 is 11.3 Å². The van der Waals surface area contributed by atoms with Gasteiger partial charge in [0.1, 0.15) is 0 Å². The molecule has 1 amide bonds. The summed E-state index contributed by atoms with van der Waals surface area (Å²) in [6.45, 7) is 5.85. The maximum atomic E-state index is 12.4. The fourth-order valence-corrected chi connectivity index (χ4v) is 4.20. The Morgan fingerprint density at radius 1 is 1.22 bits per heavy atom. The Morgan fingerprint density at radius 3 is 2.85 bits per heavy atom. The van der Waals surface area contributed by atoms with E-state index in [1.165, 1.54) is 23.0 Å². The summed E-state index contributed by atoms with van der Waals surface area (Å²) in [7, 11) is 0. The number of aryl methyl sites for hydroxylation is 3. The predicted octanol–water partition coefficient (Wildman–Crippen LogP) is 3.13. The van der Waals surface area contributed by atoms with Crippen molar-refractivity contribution in [3.05, 3.63) is 57.1 Å². The first-order valence-electron chi connectivity index (χ1n) is 8.65. The summed E-state index contributed by atoms with van der Waals surface area (Å²) in [5, 5.41) is 6.22. The molecular weight excluding hydrogens is 362 g/mol. The number of hydrogen-bond acceptors (Lipinski definition) is 5. The Bertz CT molecular complexity index is 1230. The van der Waals surface area contributed by atoms with Crippen LogP contribution in [-0.4, -0.2) is 25.5 Å². The van der Waals surface area contributed by atoms with E-state index in [1.807, 2.05) is 32.9 Å². The van der Waals surface area contributed by atoms with E-state index < -0.39 is 0 Å². The Morgan fingerprint density at radius 2 is 2.04 bits per heavy atom. The van der Waals surface area contributed by atoms with Crippen LogP contribution in [0.25, 0.3) is 15.9 Å². The van der Waals surface area contributed by atoms with Gasteiger partial charge < -0.3 is 5.32 Å². The molecule has 0 saturated heterocycles. The molecule has 3 heterocycles. The standard InChI is InChI=1S/C19H19N5O2S/c1-10-4-6-14-15(8-10)27-19(21-14)22-17(25)7-5-13-11(2)20-16-9-18(26)23-24(16)12(13)3/h4,6,8-9H,5,7H2,1-3H3,(H,23,26)(H,21,22,25). The molecule has 0 saturated carbocycles. The van der Waals surface area contributed by atoms with Crippen LogP contribution in [0.5, 0.6) is 0 Å². The monoisotopic (exact) mass is 381 g/mol. The molecule has 0 spiro atoms. The zero-order valence-corrected chi connectivity index (χ0v) is 16.1. The van der Waals surface area contributed by atoms with Crippen molar-refractivity contribution in [2.45, 2.75) is 33.6 Å². The second-order valence-electron chi connectivity index (χ2n) is 6.61. The van der Waals surface area contributed by atoms with E-state index in [1.54, 1.807) is 4.52 Å². The lowest BCUT2D eigenvalue weighted by Gasteiger charge is -2.11. The smallest absolute Gasteiger partial charge is 0.266 e. The van der Waals surface area contributed by atoms with Gasteiger partial charge in [-0.1, -0.05) is 17.4 Å². The molecule has 7 nitrogen and oxygen atoms in total. The molecule has 0 aliphatic carbocycles. The number of fused-ring (bicyclic) bond motifs is 2. The Balaban J connectivity index is 1.50. The largest absolute Gasteiger partial charge is 0.302 e. The van der Waals surface area contributed by atoms with Crippen molar-refractivity contribution in [3.8, 4) is 0 Å². The zero-order chi connectivity index (χ0) is 19.1. The molecule has 4 rings (SSSR count). The summed E-state index contributed by atoms with van der Waals surface area (Å²) in [6, 6.07) is 7.50. The van der Waals surface area contributed by atoms with Gasteiger partial charge in [0.25, 0.3) is 5.56 Å². The fourth-order valence-electron chi connectivity index (χ4n) is 3.22. The van der Waals surface area contributed by atoms with Crippen molar-refractivity contribution in [2.24, 2.45) is 0 Å². The van der Waals surface area contributed by atoms with Crippen molar-refractivity contribution < 1.29 is 4.79 Å². The lowest BCUT2D eigenvalue weighted by Crippen LogP contribution is -2.14. The maximum absolute atomic E-state index is 12.4. The number of carbonyl (C=O) groups is 1. The van der Waals surface area contributed by atoms with Crippen LogP contribution in [0, 0.1) is 20.8 Å². The maximum Gasteiger partial charge on any atom is 0.266 e. The van der Waals surface area contributed by atoms with Crippen molar-refractivity contribution in [2.75, 3.05) is 5.32 Å². The van der Waals surface area contributed by atoms with E-state index in [4.69, 9.17) is 0 Å². The quantitative estimate of drug-likeness (QED) is 0.568. The van der Waals surface area contributed by atoms with Crippen molar-refractivity contribution in [1.82, 2.24) is 19.6 Å². The summed E-state index contributed by atoms with van der Waals surface area (Å²) in [6.07, 6.45) is 0.853. The predicted molar refractivity (Wildman–Crippen MR) is 107 cm³/mol. The van der Waals surface area contributed by atoms with E-state index in [0.717, 1.165) is 27.2 Å². The van der Waals surface area contributed by atoms with Crippen molar-refractivity contribution in [3.63, 3.8) is 0 Å². The molecule has 0 aliphatic heterocycles. The molecule has 0 fully saturated rings. The van der Waals surface area contributed by atoms with Crippen LogP contribution in [0.2, 0.25) is 0 Å². The minimum Gasteiger partial charge on any atom is -0.302 e. The number of hydrogen-bond donors (Lipinski definition) is 2. The minimum absolute atomic E-state index is 0.0920. The summed E-state index contributed by atoms with van der Waals surface area (Å²) >= 11 is 1.47. The molecule has 2 N–H and O–H groups in total. The number of nitrogens with one attached hydrogen (secondary N) is 2. The van der Waals surface area contributed by atoms with E-state index in [9.17, 15) is 9.59 Å². The summed E-state index contributed by atoms with van der Waals surface area (Å²) in [5.74, 6) is -0.0920. The highest BCUT2D eigenvalue weighted by atomic mass is 32.1. The van der Waals surface area contributed by atoms with Crippen LogP contribution in [0.1, 0.15) is 28.9 Å². The normalized spacial score (nSPS) is 11.4. The first-order chi connectivity index (χ1) is 12.9. The van der Waals surface area contributed by atoms with Gasteiger partial charge in [0.2, 0.25) is 5.91 Å². The lowest BCUT2D eigenvalue weighted by molar-refractivity contribution is -0.116. The van der Waals surface area contributed by atoms with Crippen LogP contribution < -0.4 is 10.9 Å². The van der Waals surface area contributed by atoms with Gasteiger partial charge in [-0.3, -0.25) is 14.7 Å². The van der Waals surface area contributed by atoms with Gasteiger partial charge >= 0.3 is 0 Å². The molecule has 8 heteroatoms. The highest BCUT2D eigenvalue weighted by Crippen LogP contribution is 2.27. The summed E-state index contributed by atoms with van der Waals surface area (Å²) < 4.78 is 2.72. The van der Waals surface area contributed by atoms with Crippen LogP contribution in [0.4, 0.5) is 5.13 Å². The summed E-state index contributed by atoms with van der Waals surface area (Å²) in [4.78, 5) is 32.8. The van der Waals surface area contributed by atoms with Crippen LogP contribution in [0.15, 0.2) is 29.1 Å². The van der Waals surface area contributed by atoms with Gasteiger partial charge in [-0.2, -0.15) is 0 Å². The van der Waals surface area contributed by atoms with Crippen molar-refractivity contribution in [1.29, 1.82) is 0 Å². The van der Waals surface area contributed by atoms with Gasteiger partial charge in [-0.05, 0) is 50.5 Å². The number of rotatable bonds is 4. The molecule has 1 aromatic carbocycles. The molecule has 27 heavy (non-hydrogen) atoms. The number of benzene rings is 1. The Kier molecular flexibility index (Phi) is 4.27. The number of aromatic amines is 1. The number of aromatic nitrogens is 4. The Hall–Kier alpha value is -3.00. The van der Waals surface area contributed by atoms with E-state index in [-0.39, 0.29) is 11.5 Å². The second-order valence-corrected chi connectivity index (χ2v) is 7.64. The fraction of sp³-hybridized carbons (Fsp3) is 0.263. The third kappa shape index (κ3) is 3.35. The highest BCUT2D eigenvalue weighted by molar-refractivity contribution is 7.22. The molecule has 3 aromatic heterocycles.